The maximum atomic E-state index is 12.3. The van der Waals surface area contributed by atoms with Crippen LogP contribution in [0.1, 0.15) is 40.6 Å². The molecular weight excluding hydrogens is 286 g/mol. The van der Waals surface area contributed by atoms with Crippen molar-refractivity contribution in [3.8, 4) is 0 Å². The molecule has 0 spiro atoms. The summed E-state index contributed by atoms with van der Waals surface area (Å²) in [6.07, 6.45) is 5.24. The summed E-state index contributed by atoms with van der Waals surface area (Å²) < 4.78 is 7.79. The Hall–Kier alpha value is -1.66. The highest BCUT2D eigenvalue weighted by Crippen LogP contribution is 2.28. The third-order valence-corrected chi connectivity index (χ3v) is 4.76. The molecule has 112 valence electrons. The zero-order chi connectivity index (χ0) is 14.8. The molecule has 1 aliphatic rings. The number of aryl methyl sites for hydroxylation is 2. The van der Waals surface area contributed by atoms with Crippen LogP contribution in [-0.4, -0.2) is 28.1 Å². The number of aromatic nitrogens is 2. The van der Waals surface area contributed by atoms with Gasteiger partial charge in [-0.1, -0.05) is 0 Å². The van der Waals surface area contributed by atoms with Gasteiger partial charge in [0.05, 0.1) is 23.8 Å². The van der Waals surface area contributed by atoms with E-state index in [1.165, 1.54) is 0 Å². The summed E-state index contributed by atoms with van der Waals surface area (Å²) >= 11 is 1.56. The lowest BCUT2D eigenvalue weighted by Gasteiger charge is -2.30. The topological polar surface area (TPSA) is 56.1 Å². The maximum absolute atomic E-state index is 12.3. The SMILES string of the molecule is Cc1cscc1C(=O)N[C@@H]1CCO[C@@H](c2cncn2C)C1. The summed E-state index contributed by atoms with van der Waals surface area (Å²) in [4.78, 5) is 16.4. The van der Waals surface area contributed by atoms with Crippen LogP contribution in [-0.2, 0) is 11.8 Å². The van der Waals surface area contributed by atoms with Crippen molar-refractivity contribution in [3.05, 3.63) is 40.1 Å². The zero-order valence-corrected chi connectivity index (χ0v) is 13.0. The van der Waals surface area contributed by atoms with Crippen LogP contribution >= 0.6 is 11.3 Å². The molecule has 2 atom stereocenters. The number of ether oxygens (including phenoxy) is 1. The van der Waals surface area contributed by atoms with Crippen molar-refractivity contribution in [2.75, 3.05) is 6.61 Å². The second-order valence-corrected chi connectivity index (χ2v) is 6.20. The molecule has 1 saturated heterocycles. The molecule has 0 aromatic carbocycles. The van der Waals surface area contributed by atoms with Crippen LogP contribution in [0.15, 0.2) is 23.3 Å². The second-order valence-electron chi connectivity index (χ2n) is 5.45. The maximum Gasteiger partial charge on any atom is 0.252 e. The third kappa shape index (κ3) is 3.01. The molecule has 3 rings (SSSR count). The quantitative estimate of drug-likeness (QED) is 0.947. The monoisotopic (exact) mass is 305 g/mol. The largest absolute Gasteiger partial charge is 0.372 e. The van der Waals surface area contributed by atoms with E-state index in [2.05, 4.69) is 10.3 Å². The third-order valence-electron chi connectivity index (χ3n) is 3.90. The Bertz CT molecular complexity index is 634. The standard InChI is InChI=1S/C15H19N3O2S/c1-10-7-21-8-12(10)15(19)17-11-3-4-20-14(5-11)13-6-16-9-18(13)2/h6-9,11,14H,3-5H2,1-2H3,(H,17,19)/t11-,14-/m1/s1. The molecule has 6 heteroatoms. The van der Waals surface area contributed by atoms with Crippen molar-refractivity contribution in [1.82, 2.24) is 14.9 Å². The highest BCUT2D eigenvalue weighted by Gasteiger charge is 2.27. The zero-order valence-electron chi connectivity index (χ0n) is 12.2. The Balaban J connectivity index is 1.66. The van der Waals surface area contributed by atoms with E-state index in [9.17, 15) is 4.79 Å². The van der Waals surface area contributed by atoms with Crippen LogP contribution < -0.4 is 5.32 Å². The van der Waals surface area contributed by atoms with E-state index in [1.807, 2.05) is 35.5 Å². The highest BCUT2D eigenvalue weighted by molar-refractivity contribution is 7.08. The molecule has 21 heavy (non-hydrogen) atoms. The minimum absolute atomic E-state index is 0.000113. The van der Waals surface area contributed by atoms with Crippen LogP contribution in [0.4, 0.5) is 0 Å². The van der Waals surface area contributed by atoms with Gasteiger partial charge in [-0.2, -0.15) is 11.3 Å². The minimum atomic E-state index is 0.000113. The Morgan fingerprint density at radius 1 is 1.52 bits per heavy atom. The van der Waals surface area contributed by atoms with Gasteiger partial charge in [-0.05, 0) is 30.7 Å². The van der Waals surface area contributed by atoms with Gasteiger partial charge >= 0.3 is 0 Å². The van der Waals surface area contributed by atoms with E-state index in [0.29, 0.717) is 6.61 Å². The van der Waals surface area contributed by atoms with Gasteiger partial charge in [0, 0.05) is 25.1 Å². The molecule has 1 aliphatic heterocycles. The summed E-state index contributed by atoms with van der Waals surface area (Å²) in [6, 6.07) is 0.144. The van der Waals surface area contributed by atoms with Gasteiger partial charge in [-0.3, -0.25) is 4.79 Å². The summed E-state index contributed by atoms with van der Waals surface area (Å²) in [5, 5.41) is 7.03. The minimum Gasteiger partial charge on any atom is -0.372 e. The number of nitrogens with zero attached hydrogens (tertiary/aromatic N) is 2. The summed E-state index contributed by atoms with van der Waals surface area (Å²) in [5.41, 5.74) is 2.87. The molecule has 2 aromatic rings. The van der Waals surface area contributed by atoms with Gasteiger partial charge in [0.2, 0.25) is 0 Å². The number of hydrogen-bond donors (Lipinski definition) is 1. The van der Waals surface area contributed by atoms with Crippen molar-refractivity contribution < 1.29 is 9.53 Å². The van der Waals surface area contributed by atoms with Gasteiger partial charge < -0.3 is 14.6 Å². The highest BCUT2D eigenvalue weighted by atomic mass is 32.1. The molecule has 5 nitrogen and oxygen atoms in total. The molecule has 0 radical (unpaired) electrons. The first-order valence-electron chi connectivity index (χ1n) is 7.06. The fraction of sp³-hybridized carbons (Fsp3) is 0.467. The molecule has 0 saturated carbocycles. The molecule has 0 unspecified atom stereocenters. The normalized spacial score (nSPS) is 22.2. The first-order chi connectivity index (χ1) is 10.1. The molecule has 3 heterocycles. The van der Waals surface area contributed by atoms with Crippen molar-refractivity contribution in [2.24, 2.45) is 7.05 Å². The molecule has 0 aliphatic carbocycles. The molecular formula is C15H19N3O2S. The number of imidazole rings is 1. The molecule has 1 amide bonds. The Labute approximate surface area is 128 Å². The Morgan fingerprint density at radius 2 is 2.38 bits per heavy atom. The predicted molar refractivity (Wildman–Crippen MR) is 81.4 cm³/mol. The molecule has 0 bridgehead atoms. The number of carbonyl (C=O) groups excluding carboxylic acids is 1. The van der Waals surface area contributed by atoms with Crippen LogP contribution in [0.2, 0.25) is 0 Å². The Kier molecular flexibility index (Phi) is 4.07. The molecule has 2 aromatic heterocycles. The summed E-state index contributed by atoms with van der Waals surface area (Å²) in [6.45, 7) is 2.62. The van der Waals surface area contributed by atoms with Gasteiger partial charge in [0.1, 0.15) is 6.10 Å². The van der Waals surface area contributed by atoms with E-state index in [0.717, 1.165) is 29.7 Å². The lowest BCUT2D eigenvalue weighted by Crippen LogP contribution is -2.40. The fourth-order valence-corrected chi connectivity index (χ4v) is 3.50. The van der Waals surface area contributed by atoms with Crippen LogP contribution in [0, 0.1) is 6.92 Å². The van der Waals surface area contributed by atoms with Gasteiger partial charge in [-0.15, -0.1) is 0 Å². The van der Waals surface area contributed by atoms with Crippen molar-refractivity contribution in [2.45, 2.75) is 31.9 Å². The van der Waals surface area contributed by atoms with E-state index < -0.39 is 0 Å². The lowest BCUT2D eigenvalue weighted by molar-refractivity contribution is -0.00301. The van der Waals surface area contributed by atoms with E-state index in [1.54, 1.807) is 17.7 Å². The van der Waals surface area contributed by atoms with Gasteiger partial charge in [0.15, 0.2) is 0 Å². The number of nitrogens with one attached hydrogen (secondary N) is 1. The summed E-state index contributed by atoms with van der Waals surface area (Å²) in [5.74, 6) is 0.0180. The molecule has 1 N–H and O–H groups in total. The number of thiophene rings is 1. The number of hydrogen-bond acceptors (Lipinski definition) is 4. The Morgan fingerprint density at radius 3 is 3.05 bits per heavy atom. The average Bonchev–Trinajstić information content (AvgIpc) is 3.07. The number of rotatable bonds is 3. The van der Waals surface area contributed by atoms with Crippen molar-refractivity contribution in [1.29, 1.82) is 0 Å². The van der Waals surface area contributed by atoms with E-state index in [4.69, 9.17) is 4.74 Å². The first-order valence-corrected chi connectivity index (χ1v) is 8.01. The van der Waals surface area contributed by atoms with Gasteiger partial charge in [-0.25, -0.2) is 4.98 Å². The van der Waals surface area contributed by atoms with E-state index in [-0.39, 0.29) is 18.1 Å². The number of carbonyl (C=O) groups is 1. The lowest BCUT2D eigenvalue weighted by atomic mass is 10.0. The van der Waals surface area contributed by atoms with Crippen molar-refractivity contribution in [3.63, 3.8) is 0 Å². The second kappa shape index (κ2) is 5.99. The van der Waals surface area contributed by atoms with Crippen LogP contribution in [0.25, 0.3) is 0 Å². The first kappa shape index (κ1) is 14.3. The van der Waals surface area contributed by atoms with Crippen molar-refractivity contribution >= 4 is 17.2 Å². The average molecular weight is 305 g/mol. The summed E-state index contributed by atoms with van der Waals surface area (Å²) in [7, 11) is 1.96. The predicted octanol–water partition coefficient (Wildman–Crippen LogP) is 2.44. The van der Waals surface area contributed by atoms with Crippen LogP contribution in [0.3, 0.4) is 0 Å². The smallest absolute Gasteiger partial charge is 0.252 e. The van der Waals surface area contributed by atoms with Crippen LogP contribution in [0.5, 0.6) is 0 Å². The van der Waals surface area contributed by atoms with E-state index >= 15 is 0 Å². The van der Waals surface area contributed by atoms with Gasteiger partial charge in [0.25, 0.3) is 5.91 Å². The molecule has 1 fully saturated rings. The fourth-order valence-electron chi connectivity index (χ4n) is 2.67. The number of amides is 1.